The van der Waals surface area contributed by atoms with E-state index in [0.717, 1.165) is 69.9 Å². The fraction of sp³-hybridized carbons (Fsp3) is 0.524. The van der Waals surface area contributed by atoms with Crippen LogP contribution in [0.2, 0.25) is 0 Å². The molecule has 0 amide bonds. The molecule has 2 aliphatic heterocycles. The standard InChI is InChI=1S/C36H53NO2.C25H28N2.C2H6/c1-23(2)35(13-15-37(10)16-14-35)29-18-25-27(20-31(29)39-12)36(22-34(25,8)9)21-33(6,7)24-17-28(32(3,4)5)30(38-11)19-26(24)36;1-27-17-15-25(19-26,16-18-27)24-13-11-23(12-14-24)22-9-7-21(8-10-22)20-5-3-2-4-6-20;1-2/h17-20,23H,13-16,21-22H2,1-12H3;2-14H,15-19,26H2,1H3;1-2H3. The van der Waals surface area contributed by atoms with Gasteiger partial charge in [-0.2, -0.15) is 0 Å². The molecule has 9 rings (SSSR count). The Morgan fingerprint density at radius 3 is 1.43 bits per heavy atom. The average molecular weight is 918 g/mol. The molecule has 366 valence electrons. The maximum atomic E-state index is 6.31. The summed E-state index contributed by atoms with van der Waals surface area (Å²) in [5, 5.41) is 0. The number of likely N-dealkylation sites (tertiary alicyclic amines) is 2. The molecular formula is C63H87N3O2. The molecule has 1 spiro atoms. The van der Waals surface area contributed by atoms with E-state index in [-0.39, 0.29) is 32.5 Å². The van der Waals surface area contributed by atoms with E-state index in [1.807, 2.05) is 28.1 Å². The SMILES string of the molecule is CC.CN1CCC(CN)(c2ccc(-c3ccc(-c4ccccc4)cc3)cc2)CC1.COc1cc2c(cc1C(C)(C)C)C(C)(C)CC21CC(C)(C)c2cc(C3(C(C)C)CCN(C)CC3)c(OC)cc21. The minimum absolute atomic E-state index is 0.0242. The van der Waals surface area contributed by atoms with Crippen LogP contribution in [0, 0.1) is 5.92 Å². The van der Waals surface area contributed by atoms with Gasteiger partial charge in [0, 0.05) is 28.4 Å². The number of hydrogen-bond donors (Lipinski definition) is 1. The second kappa shape index (κ2) is 19.8. The summed E-state index contributed by atoms with van der Waals surface area (Å²) >= 11 is 0. The Kier molecular flexibility index (Phi) is 14.9. The van der Waals surface area contributed by atoms with Crippen molar-refractivity contribution in [3.8, 4) is 33.8 Å². The van der Waals surface area contributed by atoms with Crippen molar-refractivity contribution in [2.45, 2.75) is 147 Å². The molecule has 5 aromatic carbocycles. The highest BCUT2D eigenvalue weighted by Gasteiger charge is 2.57. The van der Waals surface area contributed by atoms with Crippen molar-refractivity contribution < 1.29 is 9.47 Å². The molecule has 5 heteroatoms. The van der Waals surface area contributed by atoms with Crippen LogP contribution in [-0.2, 0) is 32.5 Å². The van der Waals surface area contributed by atoms with Gasteiger partial charge >= 0.3 is 0 Å². The lowest BCUT2D eigenvalue weighted by atomic mass is 9.64. The Labute approximate surface area is 413 Å². The molecule has 2 fully saturated rings. The monoisotopic (exact) mass is 918 g/mol. The first kappa shape index (κ1) is 51.4. The van der Waals surface area contributed by atoms with Crippen molar-refractivity contribution in [1.29, 1.82) is 0 Å². The lowest BCUT2D eigenvalue weighted by Crippen LogP contribution is -2.45. The van der Waals surface area contributed by atoms with Gasteiger partial charge in [-0.15, -0.1) is 0 Å². The Morgan fingerprint density at radius 2 is 0.985 bits per heavy atom. The molecule has 0 saturated carbocycles. The molecule has 2 saturated heterocycles. The maximum absolute atomic E-state index is 6.31. The predicted octanol–water partition coefficient (Wildman–Crippen LogP) is 14.2. The summed E-state index contributed by atoms with van der Waals surface area (Å²) in [6.07, 6.45) is 6.89. The van der Waals surface area contributed by atoms with E-state index < -0.39 is 0 Å². The van der Waals surface area contributed by atoms with Gasteiger partial charge in [-0.1, -0.05) is 167 Å². The topological polar surface area (TPSA) is 51.0 Å². The summed E-state index contributed by atoms with van der Waals surface area (Å²) in [6, 6.07) is 38.4. The van der Waals surface area contributed by atoms with Gasteiger partial charge in [-0.3, -0.25) is 0 Å². The molecule has 2 aliphatic carbocycles. The number of piperidine rings is 2. The van der Waals surface area contributed by atoms with Crippen LogP contribution in [0.3, 0.4) is 0 Å². The van der Waals surface area contributed by atoms with Crippen LogP contribution >= 0.6 is 0 Å². The van der Waals surface area contributed by atoms with Gasteiger partial charge in [-0.05, 0) is 169 Å². The minimum atomic E-state index is -0.0368. The Morgan fingerprint density at radius 1 is 0.559 bits per heavy atom. The Hall–Kier alpha value is -4.42. The zero-order valence-corrected chi connectivity index (χ0v) is 45.0. The number of nitrogens with two attached hydrogens (primary N) is 1. The van der Waals surface area contributed by atoms with Gasteiger partial charge < -0.3 is 25.0 Å². The van der Waals surface area contributed by atoms with Gasteiger partial charge in [0.2, 0.25) is 0 Å². The molecule has 0 bridgehead atoms. The second-order valence-corrected chi connectivity index (χ2v) is 23.6. The van der Waals surface area contributed by atoms with Gasteiger partial charge in [0.1, 0.15) is 11.5 Å². The fourth-order valence-corrected chi connectivity index (χ4v) is 13.0. The van der Waals surface area contributed by atoms with E-state index in [0.29, 0.717) is 5.92 Å². The van der Waals surface area contributed by atoms with E-state index in [9.17, 15) is 0 Å². The summed E-state index contributed by atoms with van der Waals surface area (Å²) in [5.41, 5.74) is 21.8. The first-order valence-electron chi connectivity index (χ1n) is 26.0. The van der Waals surface area contributed by atoms with Crippen LogP contribution in [0.5, 0.6) is 11.5 Å². The molecule has 1 unspecified atom stereocenters. The molecular weight excluding hydrogens is 831 g/mol. The zero-order valence-electron chi connectivity index (χ0n) is 45.0. The molecule has 68 heavy (non-hydrogen) atoms. The van der Waals surface area contributed by atoms with Crippen molar-refractivity contribution in [3.05, 3.63) is 142 Å². The third kappa shape index (κ3) is 9.46. The number of ether oxygens (including phenoxy) is 2. The maximum Gasteiger partial charge on any atom is 0.122 e. The van der Waals surface area contributed by atoms with Crippen LogP contribution in [0.25, 0.3) is 22.3 Å². The highest BCUT2D eigenvalue weighted by Crippen LogP contribution is 2.65. The first-order chi connectivity index (χ1) is 32.2. The van der Waals surface area contributed by atoms with E-state index in [1.165, 1.54) is 74.0 Å². The van der Waals surface area contributed by atoms with Crippen LogP contribution < -0.4 is 15.2 Å². The average Bonchev–Trinajstić information content (AvgIpc) is 3.70. The molecule has 4 aliphatic rings. The molecule has 0 aromatic heterocycles. The van der Waals surface area contributed by atoms with E-state index in [1.54, 1.807) is 0 Å². The largest absolute Gasteiger partial charge is 0.496 e. The number of rotatable bonds is 8. The van der Waals surface area contributed by atoms with Crippen molar-refractivity contribution >= 4 is 0 Å². The van der Waals surface area contributed by atoms with Gasteiger partial charge in [0.05, 0.1) is 14.2 Å². The first-order valence-corrected chi connectivity index (χ1v) is 26.0. The van der Waals surface area contributed by atoms with E-state index in [4.69, 9.17) is 15.2 Å². The van der Waals surface area contributed by atoms with E-state index >= 15 is 0 Å². The molecule has 0 radical (unpaired) electrons. The highest BCUT2D eigenvalue weighted by atomic mass is 16.5. The van der Waals surface area contributed by atoms with Gasteiger partial charge in [0.15, 0.2) is 0 Å². The third-order valence-corrected chi connectivity index (χ3v) is 17.1. The fourth-order valence-electron chi connectivity index (χ4n) is 13.0. The summed E-state index contributed by atoms with van der Waals surface area (Å²) in [6.45, 7) is 30.8. The molecule has 5 nitrogen and oxygen atoms in total. The van der Waals surface area contributed by atoms with Crippen molar-refractivity contribution in [1.82, 2.24) is 9.80 Å². The van der Waals surface area contributed by atoms with Crippen molar-refractivity contribution in [2.75, 3.05) is 61.0 Å². The molecule has 5 aromatic rings. The third-order valence-electron chi connectivity index (χ3n) is 17.1. The normalized spacial score (nSPS) is 21.2. The van der Waals surface area contributed by atoms with E-state index in [2.05, 4.69) is 189 Å². The Balaban J connectivity index is 0.000000206. The lowest BCUT2D eigenvalue weighted by molar-refractivity contribution is 0.143. The number of nitrogens with zero attached hydrogens (tertiary/aromatic N) is 2. The predicted molar refractivity (Wildman–Crippen MR) is 290 cm³/mol. The van der Waals surface area contributed by atoms with Crippen LogP contribution in [0.15, 0.2) is 103 Å². The second-order valence-electron chi connectivity index (χ2n) is 23.6. The lowest BCUT2D eigenvalue weighted by Gasteiger charge is -2.45. The number of fused-ring (bicyclic) bond motifs is 4. The molecule has 2 heterocycles. The van der Waals surface area contributed by atoms with Crippen molar-refractivity contribution in [3.63, 3.8) is 0 Å². The van der Waals surface area contributed by atoms with Crippen LogP contribution in [0.4, 0.5) is 0 Å². The zero-order chi connectivity index (χ0) is 49.5. The van der Waals surface area contributed by atoms with Crippen molar-refractivity contribution in [2.24, 2.45) is 11.7 Å². The van der Waals surface area contributed by atoms with Crippen LogP contribution in [-0.4, -0.2) is 70.8 Å². The quantitative estimate of drug-likeness (QED) is 0.168. The molecule has 2 N–H and O–H groups in total. The smallest absolute Gasteiger partial charge is 0.122 e. The summed E-state index contributed by atoms with van der Waals surface area (Å²) in [4.78, 5) is 4.88. The number of benzene rings is 5. The summed E-state index contributed by atoms with van der Waals surface area (Å²) in [7, 11) is 8.17. The summed E-state index contributed by atoms with van der Waals surface area (Å²) < 4.78 is 12.4. The molecule has 1 atom stereocenters. The Bertz CT molecular complexity index is 2480. The number of methoxy groups -OCH3 is 2. The number of hydrogen-bond acceptors (Lipinski definition) is 5. The van der Waals surface area contributed by atoms with Gasteiger partial charge in [-0.25, -0.2) is 0 Å². The van der Waals surface area contributed by atoms with Gasteiger partial charge in [0.25, 0.3) is 0 Å². The minimum Gasteiger partial charge on any atom is -0.496 e. The highest BCUT2D eigenvalue weighted by molar-refractivity contribution is 5.71. The van der Waals surface area contributed by atoms with Crippen LogP contribution in [0.1, 0.15) is 154 Å². The summed E-state index contributed by atoms with van der Waals surface area (Å²) in [5.74, 6) is 2.68.